The molecule has 0 saturated carbocycles. The van der Waals surface area contributed by atoms with Crippen LogP contribution in [0.4, 0.5) is 0 Å². The number of nitrogens with zero attached hydrogens (tertiary/aromatic N) is 1. The number of rotatable bonds is 4. The van der Waals surface area contributed by atoms with Crippen molar-refractivity contribution in [3.8, 4) is 5.75 Å². The minimum Gasteiger partial charge on any atom is -0.497 e. The maximum absolute atomic E-state index is 5.91. The van der Waals surface area contributed by atoms with Crippen molar-refractivity contribution in [1.82, 2.24) is 10.3 Å². The largest absolute Gasteiger partial charge is 0.497 e. The van der Waals surface area contributed by atoms with Crippen LogP contribution in [-0.2, 0) is 6.42 Å². The Morgan fingerprint density at radius 3 is 3.20 bits per heavy atom. The summed E-state index contributed by atoms with van der Waals surface area (Å²) in [6, 6.07) is 8.05. The fraction of sp³-hybridized carbons (Fsp3) is 0.438. The summed E-state index contributed by atoms with van der Waals surface area (Å²) >= 11 is 0. The van der Waals surface area contributed by atoms with Crippen LogP contribution in [0.15, 0.2) is 34.9 Å². The SMILES string of the molecule is COc1cccc(Cc2cnc(C3CCCNC3)o2)c1. The molecule has 1 saturated heterocycles. The number of hydrogen-bond donors (Lipinski definition) is 1. The Morgan fingerprint density at radius 1 is 1.45 bits per heavy atom. The molecule has 2 aromatic rings. The van der Waals surface area contributed by atoms with Gasteiger partial charge in [-0.15, -0.1) is 0 Å². The molecule has 0 aliphatic carbocycles. The van der Waals surface area contributed by atoms with E-state index < -0.39 is 0 Å². The third-order valence-electron chi connectivity index (χ3n) is 3.73. The standard InChI is InChI=1S/C16H20N2O2/c1-19-14-6-2-4-12(8-14)9-15-11-18-16(20-15)13-5-3-7-17-10-13/h2,4,6,8,11,13,17H,3,5,7,9-10H2,1H3. The molecule has 106 valence electrons. The second kappa shape index (κ2) is 6.09. The summed E-state index contributed by atoms with van der Waals surface area (Å²) in [5, 5.41) is 3.39. The molecule has 1 aromatic carbocycles. The summed E-state index contributed by atoms with van der Waals surface area (Å²) < 4.78 is 11.1. The summed E-state index contributed by atoms with van der Waals surface area (Å²) in [6.45, 7) is 2.08. The molecular weight excluding hydrogens is 252 g/mol. The van der Waals surface area contributed by atoms with Gasteiger partial charge < -0.3 is 14.5 Å². The number of hydrogen-bond acceptors (Lipinski definition) is 4. The number of methoxy groups -OCH3 is 1. The maximum atomic E-state index is 5.91. The van der Waals surface area contributed by atoms with E-state index >= 15 is 0 Å². The van der Waals surface area contributed by atoms with Crippen LogP contribution in [0, 0.1) is 0 Å². The Morgan fingerprint density at radius 2 is 2.40 bits per heavy atom. The van der Waals surface area contributed by atoms with Crippen LogP contribution in [0.5, 0.6) is 5.75 Å². The van der Waals surface area contributed by atoms with E-state index in [1.54, 1.807) is 7.11 Å². The van der Waals surface area contributed by atoms with Gasteiger partial charge in [0.2, 0.25) is 0 Å². The van der Waals surface area contributed by atoms with Crippen molar-refractivity contribution < 1.29 is 9.15 Å². The Hall–Kier alpha value is -1.81. The zero-order valence-electron chi connectivity index (χ0n) is 11.8. The van der Waals surface area contributed by atoms with Crippen LogP contribution in [0.25, 0.3) is 0 Å². The van der Waals surface area contributed by atoms with Gasteiger partial charge in [0.05, 0.1) is 13.3 Å². The van der Waals surface area contributed by atoms with Gasteiger partial charge in [-0.25, -0.2) is 4.98 Å². The van der Waals surface area contributed by atoms with Crippen molar-refractivity contribution >= 4 is 0 Å². The van der Waals surface area contributed by atoms with Gasteiger partial charge in [0.25, 0.3) is 0 Å². The van der Waals surface area contributed by atoms with E-state index in [9.17, 15) is 0 Å². The summed E-state index contributed by atoms with van der Waals surface area (Å²) in [4.78, 5) is 4.44. The van der Waals surface area contributed by atoms with E-state index in [0.717, 1.165) is 43.3 Å². The van der Waals surface area contributed by atoms with E-state index in [1.807, 2.05) is 24.4 Å². The molecule has 2 heterocycles. The first-order valence-corrected chi connectivity index (χ1v) is 7.13. The Labute approximate surface area is 119 Å². The third-order valence-corrected chi connectivity index (χ3v) is 3.73. The van der Waals surface area contributed by atoms with Gasteiger partial charge in [0.15, 0.2) is 5.89 Å². The highest BCUT2D eigenvalue weighted by Crippen LogP contribution is 2.24. The molecule has 3 rings (SSSR count). The van der Waals surface area contributed by atoms with E-state index in [4.69, 9.17) is 9.15 Å². The van der Waals surface area contributed by atoms with Crippen LogP contribution in [0.1, 0.15) is 36.0 Å². The Balaban J connectivity index is 1.70. The number of nitrogens with one attached hydrogen (secondary N) is 1. The smallest absolute Gasteiger partial charge is 0.198 e. The lowest BCUT2D eigenvalue weighted by Crippen LogP contribution is -2.28. The highest BCUT2D eigenvalue weighted by atomic mass is 16.5. The van der Waals surface area contributed by atoms with Crippen molar-refractivity contribution in [3.05, 3.63) is 47.7 Å². The van der Waals surface area contributed by atoms with Crippen LogP contribution in [0.3, 0.4) is 0 Å². The number of aromatic nitrogens is 1. The summed E-state index contributed by atoms with van der Waals surface area (Å²) in [5.41, 5.74) is 1.17. The first-order chi connectivity index (χ1) is 9.85. The molecule has 1 aliphatic heterocycles. The van der Waals surface area contributed by atoms with Crippen LogP contribution in [0.2, 0.25) is 0 Å². The summed E-state index contributed by atoms with van der Waals surface area (Å²) in [6.07, 6.45) is 4.96. The number of piperidine rings is 1. The maximum Gasteiger partial charge on any atom is 0.198 e. The number of ether oxygens (including phenoxy) is 1. The molecule has 0 radical (unpaired) electrons. The molecule has 1 fully saturated rings. The van der Waals surface area contributed by atoms with Crippen LogP contribution >= 0.6 is 0 Å². The molecule has 0 bridgehead atoms. The zero-order valence-corrected chi connectivity index (χ0v) is 11.8. The third kappa shape index (κ3) is 3.02. The van der Waals surface area contributed by atoms with E-state index in [0.29, 0.717) is 5.92 Å². The number of benzene rings is 1. The molecule has 0 amide bonds. The lowest BCUT2D eigenvalue weighted by Gasteiger charge is -2.19. The topological polar surface area (TPSA) is 47.3 Å². The van der Waals surface area contributed by atoms with E-state index in [-0.39, 0.29) is 0 Å². The number of oxazole rings is 1. The van der Waals surface area contributed by atoms with Crippen LogP contribution < -0.4 is 10.1 Å². The van der Waals surface area contributed by atoms with E-state index in [1.165, 1.54) is 12.0 Å². The first-order valence-electron chi connectivity index (χ1n) is 7.13. The van der Waals surface area contributed by atoms with Gasteiger partial charge in [0, 0.05) is 18.9 Å². The predicted octanol–water partition coefficient (Wildman–Crippen LogP) is 2.74. The summed E-state index contributed by atoms with van der Waals surface area (Å²) in [5.74, 6) is 3.08. The zero-order chi connectivity index (χ0) is 13.8. The lowest BCUT2D eigenvalue weighted by atomic mass is 10.00. The average Bonchev–Trinajstić information content (AvgIpc) is 2.97. The van der Waals surface area contributed by atoms with Crippen molar-refractivity contribution in [3.63, 3.8) is 0 Å². The average molecular weight is 272 g/mol. The molecule has 1 atom stereocenters. The Bertz CT molecular complexity index is 559. The van der Waals surface area contributed by atoms with Crippen molar-refractivity contribution in [1.29, 1.82) is 0 Å². The monoisotopic (exact) mass is 272 g/mol. The van der Waals surface area contributed by atoms with E-state index in [2.05, 4.69) is 16.4 Å². The van der Waals surface area contributed by atoms with Gasteiger partial charge in [-0.2, -0.15) is 0 Å². The second-order valence-electron chi connectivity index (χ2n) is 5.24. The minimum atomic E-state index is 0.419. The van der Waals surface area contributed by atoms with Gasteiger partial charge >= 0.3 is 0 Å². The molecule has 1 N–H and O–H groups in total. The molecular formula is C16H20N2O2. The van der Waals surface area contributed by atoms with Crippen LogP contribution in [-0.4, -0.2) is 25.2 Å². The first kappa shape index (κ1) is 13.2. The van der Waals surface area contributed by atoms with Gasteiger partial charge in [-0.1, -0.05) is 12.1 Å². The van der Waals surface area contributed by atoms with Crippen molar-refractivity contribution in [2.75, 3.05) is 20.2 Å². The minimum absolute atomic E-state index is 0.419. The van der Waals surface area contributed by atoms with Gasteiger partial charge in [-0.05, 0) is 37.1 Å². The van der Waals surface area contributed by atoms with Crippen molar-refractivity contribution in [2.24, 2.45) is 0 Å². The molecule has 1 unspecified atom stereocenters. The highest BCUT2D eigenvalue weighted by molar-refractivity contribution is 5.30. The molecule has 1 aromatic heterocycles. The lowest BCUT2D eigenvalue weighted by molar-refractivity contribution is 0.365. The van der Waals surface area contributed by atoms with Crippen molar-refractivity contribution in [2.45, 2.75) is 25.2 Å². The predicted molar refractivity (Wildman–Crippen MR) is 77.1 cm³/mol. The Kier molecular flexibility index (Phi) is 4.02. The molecule has 4 heteroatoms. The molecule has 4 nitrogen and oxygen atoms in total. The van der Waals surface area contributed by atoms with Gasteiger partial charge in [0.1, 0.15) is 11.5 Å². The fourth-order valence-electron chi connectivity index (χ4n) is 2.64. The quantitative estimate of drug-likeness (QED) is 0.929. The highest BCUT2D eigenvalue weighted by Gasteiger charge is 2.20. The molecule has 1 aliphatic rings. The normalized spacial score (nSPS) is 18.9. The second-order valence-corrected chi connectivity index (χ2v) is 5.24. The molecule has 20 heavy (non-hydrogen) atoms. The van der Waals surface area contributed by atoms with Gasteiger partial charge in [-0.3, -0.25) is 0 Å². The summed E-state index contributed by atoms with van der Waals surface area (Å²) in [7, 11) is 1.68. The fourth-order valence-corrected chi connectivity index (χ4v) is 2.64. The molecule has 0 spiro atoms.